The van der Waals surface area contributed by atoms with Crippen molar-refractivity contribution < 1.29 is 83.8 Å². The first kappa shape index (κ1) is 71.9. The van der Waals surface area contributed by atoms with Gasteiger partial charge in [0, 0.05) is 108 Å². The Bertz CT molecular complexity index is 3540. The molecule has 2 fully saturated rings. The minimum Gasteiger partial charge on any atom is -0.682 e. The van der Waals surface area contributed by atoms with Crippen LogP contribution in [0.15, 0.2) is 67.8 Å². The SMILES string of the molecule is C/C1=C2/[N-][C@H]([C@H](CC(N)=O)[C@@]2(C)CCC(=O)NC[C@@H](C)OP(=O)(O)O[C@H]2[C@@H](O)[C@@H](n3cnc4cc(C)c(C)cc43)O[C@@H]2CO)[C@]2(C)N=C(/C(C)=C3N=C(/C=C4N=C1[C@@H](CCC(N)=O)C\4(C)C)[C@@H](CCC(N)=O)[C@]\3(C)CC(N)=O)[C@@H](CCC(N)=O)[C@]2(C)CC(N)=O.[Co+3]. The number of amides is 7. The number of phosphoric acid groups is 1. The van der Waals surface area contributed by atoms with E-state index in [1.807, 2.05) is 80.5 Å². The zero-order valence-electron chi connectivity index (χ0n) is 53.5. The van der Waals surface area contributed by atoms with Crippen molar-refractivity contribution >= 4 is 77.3 Å². The van der Waals surface area contributed by atoms with Crippen LogP contribution in [0.1, 0.15) is 150 Å². The van der Waals surface area contributed by atoms with E-state index >= 15 is 0 Å². The zero-order chi connectivity index (χ0) is 66.7. The number of phosphoric ester groups is 1. The molecule has 91 heavy (non-hydrogen) atoms. The molecule has 29 heteroatoms. The van der Waals surface area contributed by atoms with Gasteiger partial charge in [-0.3, -0.25) is 57.6 Å². The van der Waals surface area contributed by atoms with Gasteiger partial charge in [0.2, 0.25) is 41.4 Å². The third-order valence-corrected chi connectivity index (χ3v) is 21.6. The number of carbonyl (C=O) groups is 7. The molecule has 16 N–H and O–H groups in total. The summed E-state index contributed by atoms with van der Waals surface area (Å²) in [5.41, 5.74) is 36.8. The van der Waals surface area contributed by atoms with Gasteiger partial charge >= 0.3 is 24.6 Å². The summed E-state index contributed by atoms with van der Waals surface area (Å²) in [6.07, 6.45) is -4.47. The molecule has 8 bridgehead atoms. The number of aromatic nitrogens is 2. The van der Waals surface area contributed by atoms with Crippen LogP contribution in [0, 0.1) is 59.2 Å². The van der Waals surface area contributed by atoms with Crippen molar-refractivity contribution in [1.82, 2.24) is 14.9 Å². The summed E-state index contributed by atoms with van der Waals surface area (Å²) in [4.78, 5) is 125. The molecule has 0 saturated carbocycles. The Morgan fingerprint density at radius 3 is 1.96 bits per heavy atom. The standard InChI is InChI=1S/C62H90N13O14P.Co/c1-29-20-39-40(21-30(29)2)75(28-70-39)57-52(84)53(41(27-76)87-57)89-90(85,86)88-31(3)26-69-49(83)18-19-59(8)37(22-46(66)80)56-62(11)61(10,25-48(68)82)36(14-17-45(65)79)51(74-62)33(5)55-60(9,24-47(67)81)34(12-15-43(63)77)38(71-55)23-42-58(6,7)35(13-16-44(64)78)50(72-42)32(4)54(59)73-56;/h20-21,23,28,31,34-37,41,52-53,56-57,76,84H,12-19,22,24-27H2,1-11H3,(H15,63,64,65,66,67,68,69,71,72,73,74,77,78,79,80,81,82,83,85,86);/q;+3/p-1/t31-,34-,35-,36-,37+,41-,52-,53-,56-,57+,59-,60+,61+,62+;/m1./s1. The van der Waals surface area contributed by atoms with Crippen molar-refractivity contribution in [2.75, 3.05) is 13.2 Å². The molecule has 15 atom stereocenters. The van der Waals surface area contributed by atoms with E-state index in [0.29, 0.717) is 56.4 Å². The van der Waals surface area contributed by atoms with Gasteiger partial charge in [-0.2, -0.15) is 5.70 Å². The maximum Gasteiger partial charge on any atom is 3.00 e. The second kappa shape index (κ2) is 26.8. The van der Waals surface area contributed by atoms with Gasteiger partial charge in [-0.15, -0.1) is 0 Å². The summed E-state index contributed by atoms with van der Waals surface area (Å²) in [5, 5.41) is 30.2. The van der Waals surface area contributed by atoms with Gasteiger partial charge in [0.1, 0.15) is 18.3 Å². The molecular weight excluding hydrogens is 1240 g/mol. The fourth-order valence-corrected chi connectivity index (χ4v) is 16.5. The summed E-state index contributed by atoms with van der Waals surface area (Å²) in [6.45, 7) is 19.1. The largest absolute Gasteiger partial charge is 3.00 e. The molecule has 1 unspecified atom stereocenters. The van der Waals surface area contributed by atoms with Gasteiger partial charge in [0.15, 0.2) is 6.23 Å². The van der Waals surface area contributed by atoms with E-state index in [2.05, 4.69) is 10.3 Å². The number of nitrogens with one attached hydrogen (secondary N) is 1. The predicted octanol–water partition coefficient (Wildman–Crippen LogP) is 3.94. The van der Waals surface area contributed by atoms with Crippen molar-refractivity contribution in [1.29, 1.82) is 0 Å². The van der Waals surface area contributed by atoms with Crippen molar-refractivity contribution in [3.05, 3.63) is 69.2 Å². The Hall–Kier alpha value is -6.49. The third kappa shape index (κ3) is 13.8. The molecule has 8 rings (SSSR count). The summed E-state index contributed by atoms with van der Waals surface area (Å²) >= 11 is 0. The molecule has 1 aromatic heterocycles. The van der Waals surface area contributed by atoms with E-state index in [1.165, 1.54) is 13.3 Å². The Kier molecular flexibility index (Phi) is 21.2. The van der Waals surface area contributed by atoms with Gasteiger partial charge < -0.3 is 69.4 Å². The van der Waals surface area contributed by atoms with Crippen LogP contribution >= 0.6 is 7.82 Å². The summed E-state index contributed by atoms with van der Waals surface area (Å²) in [6, 6.07) is 2.68. The van der Waals surface area contributed by atoms with Crippen LogP contribution < -0.4 is 39.7 Å². The molecule has 0 aliphatic carbocycles. The number of carbonyl (C=O) groups excluding carboxylic acids is 7. The van der Waals surface area contributed by atoms with E-state index in [4.69, 9.17) is 68.5 Å². The van der Waals surface area contributed by atoms with Crippen LogP contribution in [-0.2, 0) is 68.7 Å². The van der Waals surface area contributed by atoms with Crippen LogP contribution in [0.3, 0.4) is 0 Å². The number of aliphatic hydroxyl groups excluding tert-OH is 2. The summed E-state index contributed by atoms with van der Waals surface area (Å²) < 4.78 is 32.3. The molecule has 2 aromatic rings. The predicted molar refractivity (Wildman–Crippen MR) is 334 cm³/mol. The number of aryl methyl sites for hydroxylation is 2. The smallest absolute Gasteiger partial charge is 0.682 e. The number of allylic oxidation sites excluding steroid dienone is 6. The molecular formula is C62H89CoN13O14P+2. The number of benzene rings is 1. The average Bonchev–Trinajstić information content (AvgIpc) is 1.53. The van der Waals surface area contributed by atoms with Crippen LogP contribution in [0.25, 0.3) is 16.4 Å². The van der Waals surface area contributed by atoms with Crippen LogP contribution in [0.5, 0.6) is 0 Å². The number of ether oxygens (including phenoxy) is 1. The fourth-order valence-electron chi connectivity index (χ4n) is 15.3. The second-order valence-corrected chi connectivity index (χ2v) is 28.4. The minimum atomic E-state index is -5.07. The number of fused-ring (bicyclic) bond motifs is 7. The third-order valence-electron chi connectivity index (χ3n) is 20.5. The fraction of sp³-hybridized carbons (Fsp3) is 0.629. The first-order valence-corrected chi connectivity index (χ1v) is 32.0. The molecule has 6 aliphatic heterocycles. The number of imidazole rings is 1. The average molecular weight is 1330 g/mol. The van der Waals surface area contributed by atoms with Gasteiger partial charge in [-0.25, -0.2) is 9.55 Å². The zero-order valence-corrected chi connectivity index (χ0v) is 55.5. The molecule has 0 spiro atoms. The Labute approximate surface area is 539 Å². The second-order valence-electron chi connectivity index (χ2n) is 27.0. The van der Waals surface area contributed by atoms with Crippen molar-refractivity contribution in [3.63, 3.8) is 0 Å². The maximum atomic E-state index is 14.4. The van der Waals surface area contributed by atoms with Crippen LogP contribution in [0.4, 0.5) is 0 Å². The molecule has 1 aromatic carbocycles. The van der Waals surface area contributed by atoms with E-state index < -0.39 is 143 Å². The Balaban J connectivity index is 0.0000118. The summed E-state index contributed by atoms with van der Waals surface area (Å²) in [7, 11) is -5.07. The van der Waals surface area contributed by atoms with Gasteiger partial charge in [0.05, 0.1) is 41.3 Å². The Morgan fingerprint density at radius 1 is 0.780 bits per heavy atom. The van der Waals surface area contributed by atoms with E-state index in [1.54, 1.807) is 11.5 Å². The van der Waals surface area contributed by atoms with Gasteiger partial charge in [0.25, 0.3) is 0 Å². The van der Waals surface area contributed by atoms with Crippen LogP contribution in [-0.4, -0.2) is 132 Å². The molecule has 27 nitrogen and oxygen atoms in total. The first-order valence-electron chi connectivity index (χ1n) is 30.5. The van der Waals surface area contributed by atoms with Gasteiger partial charge in [-0.1, -0.05) is 40.7 Å². The molecule has 0 radical (unpaired) electrons. The van der Waals surface area contributed by atoms with Crippen molar-refractivity contribution in [2.45, 2.75) is 189 Å². The van der Waals surface area contributed by atoms with E-state index in [-0.39, 0.29) is 94.0 Å². The number of nitrogens with two attached hydrogens (primary N) is 6. The minimum absolute atomic E-state index is 0. The quantitative estimate of drug-likeness (QED) is 0.0596. The number of hydrogen-bond acceptors (Lipinski definition) is 17. The number of hydrogen-bond donors (Lipinski definition) is 10. The van der Waals surface area contributed by atoms with Crippen molar-refractivity contribution in [2.24, 2.45) is 94.7 Å². The normalized spacial score (nSPS) is 33.8. The topological polar surface area (TPSA) is 462 Å². The Morgan fingerprint density at radius 2 is 1.37 bits per heavy atom. The number of aliphatic hydroxyl groups is 2. The monoisotopic (exact) mass is 1330 g/mol. The number of aliphatic imine (C=N–C) groups is 3. The number of primary amides is 6. The molecule has 7 amide bonds. The number of nitrogens with zero attached hydrogens (tertiary/aromatic N) is 6. The van der Waals surface area contributed by atoms with Crippen LogP contribution in [0.2, 0.25) is 0 Å². The van der Waals surface area contributed by atoms with E-state index in [9.17, 15) is 53.2 Å². The molecule has 7 heterocycles. The molecule has 2 saturated heterocycles. The maximum absolute atomic E-state index is 14.4. The summed E-state index contributed by atoms with van der Waals surface area (Å²) in [5.74, 6) is -7.34. The molecule has 498 valence electrons. The van der Waals surface area contributed by atoms with E-state index in [0.717, 1.165) is 11.1 Å². The first-order chi connectivity index (χ1) is 41.8. The van der Waals surface area contributed by atoms with Gasteiger partial charge in [-0.05, 0) is 119 Å². The van der Waals surface area contributed by atoms with Crippen molar-refractivity contribution in [3.8, 4) is 0 Å². The molecule has 6 aliphatic rings. The number of rotatable bonds is 26.